The van der Waals surface area contributed by atoms with Crippen LogP contribution in [0, 0.1) is 5.92 Å². The third-order valence-electron chi connectivity index (χ3n) is 3.09. The van der Waals surface area contributed by atoms with Gasteiger partial charge < -0.3 is 10.2 Å². The maximum absolute atomic E-state index is 11.9. The van der Waals surface area contributed by atoms with Gasteiger partial charge in [0.15, 0.2) is 0 Å². The second-order valence-corrected chi connectivity index (χ2v) is 6.66. The summed E-state index contributed by atoms with van der Waals surface area (Å²) in [6.45, 7) is 2.55. The van der Waals surface area contributed by atoms with E-state index < -0.39 is 10.0 Å². The number of hydrogen-bond donors (Lipinski definition) is 2. The Hall–Kier alpha value is -0.660. The molecule has 0 aromatic carbocycles. The molecule has 18 heavy (non-hydrogen) atoms. The highest BCUT2D eigenvalue weighted by atomic mass is 32.2. The Morgan fingerprint density at radius 2 is 2.17 bits per heavy atom. The lowest BCUT2D eigenvalue weighted by Gasteiger charge is -2.32. The van der Waals surface area contributed by atoms with Crippen LogP contribution in [0.15, 0.2) is 0 Å². The highest BCUT2D eigenvalue weighted by molar-refractivity contribution is 7.88. The number of piperidine rings is 1. The normalized spacial score (nSPS) is 21.0. The number of sulfonamides is 1. The largest absolute Gasteiger partial charge is 0.342 e. The van der Waals surface area contributed by atoms with Gasteiger partial charge in [-0.25, -0.2) is 13.1 Å². The molecule has 1 aliphatic heterocycles. The third kappa shape index (κ3) is 5.79. The van der Waals surface area contributed by atoms with Crippen LogP contribution in [-0.4, -0.2) is 58.7 Å². The first kappa shape index (κ1) is 15.4. The van der Waals surface area contributed by atoms with E-state index >= 15 is 0 Å². The molecule has 0 aromatic rings. The van der Waals surface area contributed by atoms with Crippen LogP contribution in [0.2, 0.25) is 0 Å². The second kappa shape index (κ2) is 7.06. The molecule has 1 rings (SSSR count). The van der Waals surface area contributed by atoms with Crippen LogP contribution in [0.1, 0.15) is 19.3 Å². The summed E-state index contributed by atoms with van der Waals surface area (Å²) < 4.78 is 24.6. The van der Waals surface area contributed by atoms with Crippen molar-refractivity contribution >= 4 is 15.9 Å². The van der Waals surface area contributed by atoms with Gasteiger partial charge in [-0.05, 0) is 25.8 Å². The Labute approximate surface area is 109 Å². The average molecular weight is 277 g/mol. The number of hydrogen-bond acceptors (Lipinski definition) is 4. The fourth-order valence-corrected chi connectivity index (χ4v) is 2.66. The van der Waals surface area contributed by atoms with Gasteiger partial charge >= 0.3 is 0 Å². The monoisotopic (exact) mass is 277 g/mol. The van der Waals surface area contributed by atoms with Crippen LogP contribution in [-0.2, 0) is 14.8 Å². The van der Waals surface area contributed by atoms with E-state index in [4.69, 9.17) is 0 Å². The number of likely N-dealkylation sites (tertiary alicyclic amines) is 1. The minimum absolute atomic E-state index is 0.147. The SMILES string of the molecule is CNCCC(=O)N1CCCC(CNS(C)(=O)=O)C1. The molecule has 1 aliphatic rings. The molecular weight excluding hydrogens is 254 g/mol. The van der Waals surface area contributed by atoms with E-state index in [-0.39, 0.29) is 11.8 Å². The molecule has 0 saturated carbocycles. The van der Waals surface area contributed by atoms with Gasteiger partial charge in [0.25, 0.3) is 0 Å². The van der Waals surface area contributed by atoms with E-state index in [2.05, 4.69) is 10.0 Å². The second-order valence-electron chi connectivity index (χ2n) is 4.82. The summed E-state index contributed by atoms with van der Waals surface area (Å²) in [4.78, 5) is 13.7. The number of nitrogens with one attached hydrogen (secondary N) is 2. The Bertz CT molecular complexity index is 370. The molecule has 1 heterocycles. The van der Waals surface area contributed by atoms with Crippen LogP contribution in [0.4, 0.5) is 0 Å². The topological polar surface area (TPSA) is 78.5 Å². The average Bonchev–Trinajstić information content (AvgIpc) is 2.33. The predicted octanol–water partition coefficient (Wildman–Crippen LogP) is -0.616. The lowest BCUT2D eigenvalue weighted by atomic mass is 9.98. The zero-order chi connectivity index (χ0) is 13.6. The quantitative estimate of drug-likeness (QED) is 0.678. The zero-order valence-electron chi connectivity index (χ0n) is 11.1. The lowest BCUT2D eigenvalue weighted by molar-refractivity contribution is -0.132. The number of carbonyl (C=O) groups excluding carboxylic acids is 1. The van der Waals surface area contributed by atoms with Crippen molar-refractivity contribution < 1.29 is 13.2 Å². The molecule has 0 aliphatic carbocycles. The van der Waals surface area contributed by atoms with Crippen molar-refractivity contribution in [2.75, 3.05) is 39.5 Å². The van der Waals surface area contributed by atoms with Crippen LogP contribution in [0.3, 0.4) is 0 Å². The maximum Gasteiger partial charge on any atom is 0.223 e. The Morgan fingerprint density at radius 3 is 2.78 bits per heavy atom. The fraction of sp³-hybridized carbons (Fsp3) is 0.909. The van der Waals surface area contributed by atoms with Crippen molar-refractivity contribution in [3.05, 3.63) is 0 Å². The Morgan fingerprint density at radius 1 is 1.44 bits per heavy atom. The summed E-state index contributed by atoms with van der Waals surface area (Å²) >= 11 is 0. The highest BCUT2D eigenvalue weighted by Crippen LogP contribution is 2.16. The third-order valence-corrected chi connectivity index (χ3v) is 3.79. The molecule has 0 spiro atoms. The molecule has 2 N–H and O–H groups in total. The van der Waals surface area contributed by atoms with Crippen LogP contribution in [0.5, 0.6) is 0 Å². The van der Waals surface area contributed by atoms with Crippen molar-refractivity contribution in [2.45, 2.75) is 19.3 Å². The molecule has 1 saturated heterocycles. The summed E-state index contributed by atoms with van der Waals surface area (Å²) in [5.74, 6) is 0.375. The van der Waals surface area contributed by atoms with Crippen molar-refractivity contribution in [1.82, 2.24) is 14.9 Å². The highest BCUT2D eigenvalue weighted by Gasteiger charge is 2.23. The summed E-state index contributed by atoms with van der Waals surface area (Å²) in [6, 6.07) is 0. The van der Waals surface area contributed by atoms with Gasteiger partial charge in [0.2, 0.25) is 15.9 Å². The molecule has 1 amide bonds. The van der Waals surface area contributed by atoms with Crippen molar-refractivity contribution in [1.29, 1.82) is 0 Å². The Kier molecular flexibility index (Phi) is 6.04. The zero-order valence-corrected chi connectivity index (χ0v) is 11.9. The number of rotatable bonds is 6. The van der Waals surface area contributed by atoms with E-state index in [0.29, 0.717) is 26.1 Å². The maximum atomic E-state index is 11.9. The number of nitrogens with zero attached hydrogens (tertiary/aromatic N) is 1. The molecule has 0 aromatic heterocycles. The lowest BCUT2D eigenvalue weighted by Crippen LogP contribution is -2.44. The van der Waals surface area contributed by atoms with Crippen molar-refractivity contribution in [3.63, 3.8) is 0 Å². The van der Waals surface area contributed by atoms with E-state index in [9.17, 15) is 13.2 Å². The smallest absolute Gasteiger partial charge is 0.223 e. The van der Waals surface area contributed by atoms with Gasteiger partial charge in [-0.3, -0.25) is 4.79 Å². The fourth-order valence-electron chi connectivity index (χ4n) is 2.12. The van der Waals surface area contributed by atoms with E-state index in [0.717, 1.165) is 25.6 Å². The van der Waals surface area contributed by atoms with Gasteiger partial charge in [0.05, 0.1) is 6.26 Å². The molecule has 6 nitrogen and oxygen atoms in total. The molecule has 7 heteroatoms. The first-order valence-electron chi connectivity index (χ1n) is 6.29. The molecular formula is C11H23N3O3S. The van der Waals surface area contributed by atoms with Gasteiger partial charge in [0, 0.05) is 32.6 Å². The van der Waals surface area contributed by atoms with Crippen molar-refractivity contribution in [3.8, 4) is 0 Å². The van der Waals surface area contributed by atoms with Gasteiger partial charge in [-0.15, -0.1) is 0 Å². The first-order chi connectivity index (χ1) is 8.42. The van der Waals surface area contributed by atoms with Crippen molar-refractivity contribution in [2.24, 2.45) is 5.92 Å². The minimum atomic E-state index is -3.14. The molecule has 1 fully saturated rings. The van der Waals surface area contributed by atoms with Crippen LogP contribution < -0.4 is 10.0 Å². The van der Waals surface area contributed by atoms with Crippen LogP contribution >= 0.6 is 0 Å². The number of carbonyl (C=O) groups is 1. The standard InChI is InChI=1S/C11H23N3O3S/c1-12-6-5-11(15)14-7-3-4-10(9-14)8-13-18(2,16)17/h10,12-13H,3-9H2,1-2H3. The predicted molar refractivity (Wildman–Crippen MR) is 70.7 cm³/mol. The summed E-state index contributed by atoms with van der Waals surface area (Å²) in [6.07, 6.45) is 3.58. The number of amides is 1. The van der Waals surface area contributed by atoms with Gasteiger partial charge in [0.1, 0.15) is 0 Å². The molecule has 0 radical (unpaired) electrons. The molecule has 106 valence electrons. The summed E-state index contributed by atoms with van der Waals surface area (Å²) in [7, 11) is -1.32. The van der Waals surface area contributed by atoms with Crippen LogP contribution in [0.25, 0.3) is 0 Å². The minimum Gasteiger partial charge on any atom is -0.342 e. The van der Waals surface area contributed by atoms with E-state index in [1.54, 1.807) is 0 Å². The van der Waals surface area contributed by atoms with Gasteiger partial charge in [-0.1, -0.05) is 0 Å². The first-order valence-corrected chi connectivity index (χ1v) is 8.18. The van der Waals surface area contributed by atoms with E-state index in [1.165, 1.54) is 0 Å². The Balaban J connectivity index is 2.38. The van der Waals surface area contributed by atoms with E-state index in [1.807, 2.05) is 11.9 Å². The molecule has 1 atom stereocenters. The molecule has 1 unspecified atom stereocenters. The summed E-state index contributed by atoms with van der Waals surface area (Å²) in [5, 5.41) is 2.95. The van der Waals surface area contributed by atoms with Gasteiger partial charge in [-0.2, -0.15) is 0 Å². The molecule has 0 bridgehead atoms. The summed E-state index contributed by atoms with van der Waals surface area (Å²) in [5.41, 5.74) is 0.